The average Bonchev–Trinajstić information content (AvgIpc) is 3.29. The minimum atomic E-state index is -2.19. The van der Waals surface area contributed by atoms with Gasteiger partial charge in [-0.25, -0.2) is 14.7 Å². The van der Waals surface area contributed by atoms with Crippen molar-refractivity contribution in [2.45, 2.75) is 5.79 Å². The number of benzene rings is 2. The van der Waals surface area contributed by atoms with Crippen molar-refractivity contribution < 1.29 is 28.7 Å². The van der Waals surface area contributed by atoms with E-state index in [-0.39, 0.29) is 27.8 Å². The molecule has 1 aliphatic rings. The fourth-order valence-corrected chi connectivity index (χ4v) is 3.40. The van der Waals surface area contributed by atoms with Crippen LogP contribution in [-0.2, 0) is 25.0 Å². The lowest BCUT2D eigenvalue weighted by molar-refractivity contribution is -0.128. The van der Waals surface area contributed by atoms with Gasteiger partial charge in [-0.1, -0.05) is 36.4 Å². The zero-order chi connectivity index (χ0) is 20.6. The van der Waals surface area contributed by atoms with Crippen LogP contribution in [0, 0.1) is 5.82 Å². The van der Waals surface area contributed by atoms with Gasteiger partial charge in [0.15, 0.2) is 5.94 Å². The molecule has 146 valence electrons. The molecule has 0 spiro atoms. The number of aromatic nitrogens is 1. The molecule has 1 amide bonds. The van der Waals surface area contributed by atoms with Crippen LogP contribution in [0.2, 0.25) is 0 Å². The molecule has 0 aliphatic carbocycles. The van der Waals surface area contributed by atoms with Crippen LogP contribution in [0.1, 0.15) is 11.3 Å². The molecule has 8 heteroatoms. The number of carbonyl (C=O) groups is 1. The number of fused-ring (bicyclic) bond motifs is 1. The number of amides is 1. The van der Waals surface area contributed by atoms with E-state index in [1.165, 1.54) is 25.3 Å². The van der Waals surface area contributed by atoms with Crippen LogP contribution in [-0.4, -0.2) is 29.0 Å². The monoisotopic (exact) mass is 394 g/mol. The number of aromatic amines is 1. The van der Waals surface area contributed by atoms with E-state index in [0.717, 1.165) is 0 Å². The average molecular weight is 394 g/mol. The van der Waals surface area contributed by atoms with Gasteiger partial charge in [-0.2, -0.15) is 0 Å². The van der Waals surface area contributed by atoms with Crippen LogP contribution in [0.4, 0.5) is 4.39 Å². The van der Waals surface area contributed by atoms with Crippen molar-refractivity contribution in [3.05, 3.63) is 83.0 Å². The number of rotatable bonds is 4. The number of hydrogen-bond acceptors (Lipinski definition) is 5. The Bertz CT molecular complexity index is 1190. The van der Waals surface area contributed by atoms with Crippen molar-refractivity contribution in [1.29, 1.82) is 0 Å². The molecule has 2 aromatic carbocycles. The van der Waals surface area contributed by atoms with Gasteiger partial charge >= 0.3 is 0 Å². The van der Waals surface area contributed by atoms with Gasteiger partial charge in [0.25, 0.3) is 11.7 Å². The summed E-state index contributed by atoms with van der Waals surface area (Å²) in [6.07, 6.45) is 0. The van der Waals surface area contributed by atoms with E-state index in [1.807, 2.05) is 0 Å². The largest absolute Gasteiger partial charge is 0.442 e. The van der Waals surface area contributed by atoms with Crippen molar-refractivity contribution in [3.63, 3.8) is 0 Å². The van der Waals surface area contributed by atoms with Gasteiger partial charge in [-0.05, 0) is 18.2 Å². The predicted molar refractivity (Wildman–Crippen MR) is 101 cm³/mol. The molecule has 29 heavy (non-hydrogen) atoms. The quantitative estimate of drug-likeness (QED) is 0.466. The Labute approximate surface area is 164 Å². The third-order valence-electron chi connectivity index (χ3n) is 4.63. The third kappa shape index (κ3) is 2.92. The summed E-state index contributed by atoms with van der Waals surface area (Å²) in [4.78, 5) is 31.8. The number of halogens is 1. The number of aliphatic hydroxyl groups is 1. The lowest BCUT2D eigenvalue weighted by Crippen LogP contribution is -2.28. The van der Waals surface area contributed by atoms with E-state index in [2.05, 4.69) is 15.3 Å². The summed E-state index contributed by atoms with van der Waals surface area (Å²) in [6.45, 7) is 0. The summed E-state index contributed by atoms with van der Waals surface area (Å²) in [7, 11) is 1.22. The maximum atomic E-state index is 14.2. The molecule has 1 unspecified atom stereocenters. The van der Waals surface area contributed by atoms with Crippen LogP contribution >= 0.6 is 0 Å². The molecule has 1 aliphatic heterocycles. The first-order valence-corrected chi connectivity index (χ1v) is 8.57. The minimum Gasteiger partial charge on any atom is -0.442 e. The van der Waals surface area contributed by atoms with Gasteiger partial charge in [0.2, 0.25) is 5.76 Å². The maximum absolute atomic E-state index is 14.2. The third-order valence-corrected chi connectivity index (χ3v) is 4.63. The van der Waals surface area contributed by atoms with Crippen LogP contribution in [0.15, 0.2) is 65.9 Å². The van der Waals surface area contributed by atoms with E-state index in [4.69, 9.17) is 4.74 Å². The summed E-state index contributed by atoms with van der Waals surface area (Å²) in [5.74, 6) is -2.45. The molecule has 1 aromatic heterocycles. The lowest BCUT2D eigenvalue weighted by atomic mass is 9.92. The van der Waals surface area contributed by atoms with Gasteiger partial charge in [0.05, 0.1) is 18.4 Å². The predicted octanol–water partition coefficient (Wildman–Crippen LogP) is 2.33. The summed E-state index contributed by atoms with van der Waals surface area (Å²) < 4.78 is 19.7. The van der Waals surface area contributed by atoms with E-state index in [1.54, 1.807) is 42.3 Å². The molecule has 0 saturated carbocycles. The molecule has 0 radical (unpaired) electrons. The van der Waals surface area contributed by atoms with Gasteiger partial charge in [0.1, 0.15) is 11.4 Å². The maximum Gasteiger partial charge on any atom is 0.280 e. The summed E-state index contributed by atoms with van der Waals surface area (Å²) >= 11 is 0. The molecular formula is C21H15FN2O5. The van der Waals surface area contributed by atoms with Gasteiger partial charge in [-0.3, -0.25) is 9.63 Å². The van der Waals surface area contributed by atoms with E-state index >= 15 is 0 Å². The van der Waals surface area contributed by atoms with Crippen molar-refractivity contribution in [2.24, 2.45) is 0 Å². The van der Waals surface area contributed by atoms with Gasteiger partial charge < -0.3 is 14.8 Å². The second-order valence-electron chi connectivity index (χ2n) is 6.31. The highest BCUT2D eigenvalue weighted by atomic mass is 19.1. The molecule has 0 bridgehead atoms. The Kier molecular flexibility index (Phi) is 4.52. The molecule has 2 heterocycles. The number of hydroxylamine groups is 1. The molecule has 1 atom stereocenters. The SMILES string of the molecule is CONC(=O)C1=C(c2cc3c(F)cccc3[nH]2)C(O)(c2ccccc2)OC1=C=O. The van der Waals surface area contributed by atoms with Gasteiger partial charge in [0, 0.05) is 16.5 Å². The Morgan fingerprint density at radius 3 is 2.66 bits per heavy atom. The zero-order valence-electron chi connectivity index (χ0n) is 15.2. The first kappa shape index (κ1) is 18.6. The summed E-state index contributed by atoms with van der Waals surface area (Å²) in [6, 6.07) is 14.1. The highest BCUT2D eigenvalue weighted by molar-refractivity contribution is 6.09. The number of carbonyl (C=O) groups excluding carboxylic acids is 2. The Hall–Kier alpha value is -3.71. The van der Waals surface area contributed by atoms with E-state index < -0.39 is 23.3 Å². The van der Waals surface area contributed by atoms with Crippen molar-refractivity contribution in [2.75, 3.05) is 7.11 Å². The van der Waals surface area contributed by atoms with Crippen LogP contribution in [0.25, 0.3) is 16.5 Å². The molecule has 0 saturated heterocycles. The normalized spacial score (nSPS) is 18.7. The summed E-state index contributed by atoms with van der Waals surface area (Å²) in [5.41, 5.74) is 2.68. The highest BCUT2D eigenvalue weighted by Crippen LogP contribution is 2.48. The molecule has 0 fully saturated rings. The molecule has 3 aromatic rings. The number of ether oxygens (including phenoxy) is 1. The van der Waals surface area contributed by atoms with Crippen LogP contribution in [0.3, 0.4) is 0 Å². The minimum absolute atomic E-state index is 0.0628. The van der Waals surface area contributed by atoms with Crippen LogP contribution < -0.4 is 5.48 Å². The van der Waals surface area contributed by atoms with Gasteiger partial charge in [-0.15, -0.1) is 0 Å². The number of hydrogen-bond donors (Lipinski definition) is 3. The molecule has 3 N–H and O–H groups in total. The van der Waals surface area contributed by atoms with Crippen molar-refractivity contribution in [3.8, 4) is 0 Å². The molecular weight excluding hydrogens is 379 g/mol. The van der Waals surface area contributed by atoms with E-state index in [9.17, 15) is 19.1 Å². The second-order valence-corrected chi connectivity index (χ2v) is 6.31. The molecule has 4 rings (SSSR count). The fourth-order valence-electron chi connectivity index (χ4n) is 3.40. The topological polar surface area (TPSA) is 101 Å². The fraction of sp³-hybridized carbons (Fsp3) is 0.0952. The standard InChI is InChI=1S/C21H15FN2O5/c1-28-24-20(26)18-17(11-25)29-21(27,12-6-3-2-4-7-12)19(18)16-10-13-14(22)8-5-9-15(13)23-16/h2-10,23,27H,1H3,(H,24,26). The second kappa shape index (κ2) is 7.03. The van der Waals surface area contributed by atoms with E-state index in [0.29, 0.717) is 5.52 Å². The summed E-state index contributed by atoms with van der Waals surface area (Å²) in [5, 5.41) is 11.7. The number of nitrogens with one attached hydrogen (secondary N) is 2. The molecule has 7 nitrogen and oxygen atoms in total. The van der Waals surface area contributed by atoms with Crippen molar-refractivity contribution >= 4 is 28.3 Å². The highest BCUT2D eigenvalue weighted by Gasteiger charge is 2.50. The Morgan fingerprint density at radius 1 is 1.24 bits per heavy atom. The first-order chi connectivity index (χ1) is 14.0. The van der Waals surface area contributed by atoms with Crippen molar-refractivity contribution in [1.82, 2.24) is 10.5 Å². The lowest BCUT2D eigenvalue weighted by Gasteiger charge is -2.25. The van der Waals surface area contributed by atoms with Crippen LogP contribution in [0.5, 0.6) is 0 Å². The Morgan fingerprint density at radius 2 is 2.00 bits per heavy atom. The smallest absolute Gasteiger partial charge is 0.280 e. The number of H-pyrrole nitrogens is 1. The Balaban J connectivity index is 2.04. The zero-order valence-corrected chi connectivity index (χ0v) is 15.2. The first-order valence-electron chi connectivity index (χ1n) is 8.57.